The van der Waals surface area contributed by atoms with Crippen LogP contribution in [-0.4, -0.2) is 46.0 Å². The summed E-state index contributed by atoms with van der Waals surface area (Å²) in [4.78, 5) is 35.5. The van der Waals surface area contributed by atoms with Crippen molar-refractivity contribution < 1.29 is 23.9 Å². The summed E-state index contributed by atoms with van der Waals surface area (Å²) in [6.07, 6.45) is 1.18. The van der Waals surface area contributed by atoms with Crippen LogP contribution >= 0.6 is 11.8 Å². The average molecular weight is 368 g/mol. The molecular weight excluding hydrogens is 347 g/mol. The van der Waals surface area contributed by atoms with E-state index in [2.05, 4.69) is 10.6 Å². The summed E-state index contributed by atoms with van der Waals surface area (Å²) in [6.45, 7) is 1.83. The first kappa shape index (κ1) is 19.2. The molecule has 3 unspecified atom stereocenters. The summed E-state index contributed by atoms with van der Waals surface area (Å²) < 4.78 is 13.7. The van der Waals surface area contributed by atoms with Crippen LogP contribution in [0.25, 0.3) is 0 Å². The lowest BCUT2D eigenvalue weighted by Gasteiger charge is -2.29. The third-order valence-electron chi connectivity index (χ3n) is 3.94. The maximum atomic E-state index is 13.7. The first-order chi connectivity index (χ1) is 11.9. The Labute approximate surface area is 149 Å². The number of nitrogens with one attached hydrogen (secondary N) is 2. The van der Waals surface area contributed by atoms with E-state index in [1.54, 1.807) is 18.2 Å². The number of hydrogen-bond acceptors (Lipinski definition) is 4. The lowest BCUT2D eigenvalue weighted by atomic mass is 10.1. The predicted molar refractivity (Wildman–Crippen MR) is 92.8 cm³/mol. The van der Waals surface area contributed by atoms with Gasteiger partial charge >= 0.3 is 5.97 Å². The van der Waals surface area contributed by atoms with E-state index >= 15 is 0 Å². The van der Waals surface area contributed by atoms with Gasteiger partial charge in [-0.05, 0) is 24.5 Å². The molecule has 1 aliphatic heterocycles. The molecule has 1 heterocycles. The second-order valence-corrected chi connectivity index (χ2v) is 7.10. The molecule has 2 rings (SSSR count). The molecule has 3 atom stereocenters. The molecule has 8 heteroatoms. The SMILES string of the molecule is CCCC(NC(=O)C1CSC(Cc2ccccc2F)C(=O)N1)C(=O)O. The number of carboxylic acid groups (broad SMARTS) is 1. The van der Waals surface area contributed by atoms with Gasteiger partial charge in [-0.3, -0.25) is 9.59 Å². The molecule has 0 aromatic heterocycles. The van der Waals surface area contributed by atoms with Gasteiger partial charge in [0.2, 0.25) is 11.8 Å². The first-order valence-electron chi connectivity index (χ1n) is 8.11. The van der Waals surface area contributed by atoms with Gasteiger partial charge in [0.05, 0.1) is 5.25 Å². The number of amides is 2. The molecule has 1 aromatic rings. The number of carbonyl (C=O) groups is 3. The Morgan fingerprint density at radius 3 is 2.76 bits per heavy atom. The molecule has 0 saturated carbocycles. The van der Waals surface area contributed by atoms with E-state index in [-0.39, 0.29) is 18.1 Å². The average Bonchev–Trinajstić information content (AvgIpc) is 2.58. The van der Waals surface area contributed by atoms with E-state index in [0.29, 0.717) is 24.2 Å². The van der Waals surface area contributed by atoms with E-state index in [0.717, 1.165) is 0 Å². The van der Waals surface area contributed by atoms with Gasteiger partial charge in [-0.15, -0.1) is 11.8 Å². The summed E-state index contributed by atoms with van der Waals surface area (Å²) in [6, 6.07) is 4.52. The van der Waals surface area contributed by atoms with Gasteiger partial charge in [0, 0.05) is 5.75 Å². The highest BCUT2D eigenvalue weighted by atomic mass is 32.2. The Balaban J connectivity index is 1.92. The van der Waals surface area contributed by atoms with Crippen molar-refractivity contribution in [2.45, 2.75) is 43.5 Å². The Bertz CT molecular complexity index is 655. The molecule has 6 nitrogen and oxygen atoms in total. The second kappa shape index (κ2) is 8.84. The topological polar surface area (TPSA) is 95.5 Å². The van der Waals surface area contributed by atoms with Gasteiger partial charge in [0.25, 0.3) is 0 Å². The Kier molecular flexibility index (Phi) is 6.81. The smallest absolute Gasteiger partial charge is 0.326 e. The molecule has 25 heavy (non-hydrogen) atoms. The minimum Gasteiger partial charge on any atom is -0.480 e. The highest BCUT2D eigenvalue weighted by Crippen LogP contribution is 2.23. The van der Waals surface area contributed by atoms with Crippen LogP contribution in [0.2, 0.25) is 0 Å². The molecule has 0 radical (unpaired) electrons. The quantitative estimate of drug-likeness (QED) is 0.675. The fourth-order valence-electron chi connectivity index (χ4n) is 2.57. The fourth-order valence-corrected chi connectivity index (χ4v) is 3.75. The Morgan fingerprint density at radius 1 is 1.44 bits per heavy atom. The lowest BCUT2D eigenvalue weighted by Crippen LogP contribution is -2.56. The van der Waals surface area contributed by atoms with Crippen LogP contribution < -0.4 is 10.6 Å². The molecule has 0 spiro atoms. The lowest BCUT2D eigenvalue weighted by molar-refractivity contribution is -0.142. The molecule has 1 saturated heterocycles. The zero-order valence-corrected chi connectivity index (χ0v) is 14.6. The molecule has 1 aliphatic rings. The van der Waals surface area contributed by atoms with Crippen molar-refractivity contribution in [2.75, 3.05) is 5.75 Å². The van der Waals surface area contributed by atoms with Gasteiger partial charge < -0.3 is 15.7 Å². The van der Waals surface area contributed by atoms with Crippen LogP contribution in [0.5, 0.6) is 0 Å². The van der Waals surface area contributed by atoms with E-state index < -0.39 is 29.2 Å². The second-order valence-electron chi connectivity index (χ2n) is 5.87. The van der Waals surface area contributed by atoms with Gasteiger partial charge in [0.15, 0.2) is 0 Å². The van der Waals surface area contributed by atoms with Crippen LogP contribution in [0.4, 0.5) is 4.39 Å². The zero-order valence-electron chi connectivity index (χ0n) is 13.8. The highest BCUT2D eigenvalue weighted by Gasteiger charge is 2.34. The zero-order chi connectivity index (χ0) is 18.4. The number of carboxylic acids is 1. The largest absolute Gasteiger partial charge is 0.480 e. The molecule has 0 aliphatic carbocycles. The van der Waals surface area contributed by atoms with Crippen molar-refractivity contribution in [1.29, 1.82) is 0 Å². The number of benzene rings is 1. The van der Waals surface area contributed by atoms with E-state index in [1.807, 2.05) is 6.92 Å². The summed E-state index contributed by atoms with van der Waals surface area (Å²) in [5.41, 5.74) is 0.451. The number of thioether (sulfide) groups is 1. The van der Waals surface area contributed by atoms with Gasteiger partial charge in [-0.1, -0.05) is 31.5 Å². The van der Waals surface area contributed by atoms with Crippen LogP contribution in [0.3, 0.4) is 0 Å². The summed E-state index contributed by atoms with van der Waals surface area (Å²) in [5.74, 6) is -2.00. The molecule has 2 amide bonds. The van der Waals surface area contributed by atoms with Crippen LogP contribution in [0, 0.1) is 5.82 Å². The van der Waals surface area contributed by atoms with Gasteiger partial charge in [-0.25, -0.2) is 9.18 Å². The summed E-state index contributed by atoms with van der Waals surface area (Å²) >= 11 is 1.27. The van der Waals surface area contributed by atoms with Crippen LogP contribution in [0.1, 0.15) is 25.3 Å². The summed E-state index contributed by atoms with van der Waals surface area (Å²) in [5, 5.41) is 13.7. The fraction of sp³-hybridized carbons (Fsp3) is 0.471. The Morgan fingerprint density at radius 2 is 2.16 bits per heavy atom. The standard InChI is InChI=1S/C17H21FN2O4S/c1-2-5-12(17(23)24)19-15(21)13-9-25-14(16(22)20-13)8-10-6-3-4-7-11(10)18/h3-4,6-7,12-14H,2,5,8-9H2,1H3,(H,19,21)(H,20,22)(H,23,24). The van der Waals surface area contributed by atoms with Crippen molar-refractivity contribution in [3.05, 3.63) is 35.6 Å². The van der Waals surface area contributed by atoms with Crippen molar-refractivity contribution >= 4 is 29.5 Å². The number of rotatable bonds is 7. The number of aliphatic carboxylic acids is 1. The van der Waals surface area contributed by atoms with Gasteiger partial charge in [0.1, 0.15) is 17.9 Å². The number of hydrogen-bond donors (Lipinski definition) is 3. The number of carbonyl (C=O) groups excluding carboxylic acids is 2. The predicted octanol–water partition coefficient (Wildman–Crippen LogP) is 1.34. The van der Waals surface area contributed by atoms with Crippen molar-refractivity contribution in [3.63, 3.8) is 0 Å². The van der Waals surface area contributed by atoms with Crippen molar-refractivity contribution in [1.82, 2.24) is 10.6 Å². The minimum absolute atomic E-state index is 0.241. The third kappa shape index (κ3) is 5.19. The Hall–Kier alpha value is -2.09. The number of halogens is 1. The first-order valence-corrected chi connectivity index (χ1v) is 9.15. The molecule has 136 valence electrons. The molecule has 3 N–H and O–H groups in total. The van der Waals surface area contributed by atoms with Crippen LogP contribution in [0.15, 0.2) is 24.3 Å². The van der Waals surface area contributed by atoms with Crippen LogP contribution in [-0.2, 0) is 20.8 Å². The summed E-state index contributed by atoms with van der Waals surface area (Å²) in [7, 11) is 0. The molecular formula is C17H21FN2O4S. The van der Waals surface area contributed by atoms with Crippen molar-refractivity contribution in [2.24, 2.45) is 0 Å². The van der Waals surface area contributed by atoms with E-state index in [9.17, 15) is 18.8 Å². The monoisotopic (exact) mass is 368 g/mol. The maximum absolute atomic E-state index is 13.7. The normalized spacial score (nSPS) is 21.3. The van der Waals surface area contributed by atoms with E-state index in [1.165, 1.54) is 17.8 Å². The van der Waals surface area contributed by atoms with Crippen molar-refractivity contribution in [3.8, 4) is 0 Å². The minimum atomic E-state index is -1.09. The maximum Gasteiger partial charge on any atom is 0.326 e. The van der Waals surface area contributed by atoms with E-state index in [4.69, 9.17) is 5.11 Å². The molecule has 0 bridgehead atoms. The third-order valence-corrected chi connectivity index (χ3v) is 5.25. The highest BCUT2D eigenvalue weighted by molar-refractivity contribution is 8.00. The molecule has 1 aromatic carbocycles. The molecule has 1 fully saturated rings. The van der Waals surface area contributed by atoms with Gasteiger partial charge in [-0.2, -0.15) is 0 Å².